The number of carbonyl (C=O) groups excluding carboxylic acids is 1. The van der Waals surface area contributed by atoms with Gasteiger partial charge >= 0.3 is 0 Å². The number of nitrogens with one attached hydrogen (secondary N) is 2. The molecular formula is C14H21ClFN3O. The van der Waals surface area contributed by atoms with Crippen LogP contribution in [0.4, 0.5) is 4.39 Å². The number of rotatable bonds is 5. The van der Waals surface area contributed by atoms with Gasteiger partial charge in [0, 0.05) is 19.6 Å². The molecule has 1 unspecified atom stereocenters. The lowest BCUT2D eigenvalue weighted by atomic mass is 10.0. The van der Waals surface area contributed by atoms with Gasteiger partial charge in [-0.3, -0.25) is 4.79 Å². The molecule has 1 heterocycles. The Labute approximate surface area is 125 Å². The summed E-state index contributed by atoms with van der Waals surface area (Å²) in [6, 6.07) is 6.49. The Bertz CT molecular complexity index is 452. The summed E-state index contributed by atoms with van der Waals surface area (Å²) in [7, 11) is 3.85. The average molecular weight is 302 g/mol. The van der Waals surface area contributed by atoms with Crippen LogP contribution in [0.3, 0.4) is 0 Å². The van der Waals surface area contributed by atoms with Gasteiger partial charge < -0.3 is 15.5 Å². The van der Waals surface area contributed by atoms with E-state index >= 15 is 0 Å². The Hall–Kier alpha value is -1.17. The van der Waals surface area contributed by atoms with Gasteiger partial charge in [-0.2, -0.15) is 0 Å². The first kappa shape index (κ1) is 16.9. The Balaban J connectivity index is 0.00000200. The zero-order valence-electron chi connectivity index (χ0n) is 11.7. The molecule has 1 aromatic carbocycles. The van der Waals surface area contributed by atoms with Crippen molar-refractivity contribution in [2.24, 2.45) is 5.92 Å². The van der Waals surface area contributed by atoms with Crippen LogP contribution in [0.2, 0.25) is 0 Å². The monoisotopic (exact) mass is 301 g/mol. The van der Waals surface area contributed by atoms with Gasteiger partial charge in [-0.25, -0.2) is 4.39 Å². The van der Waals surface area contributed by atoms with Crippen LogP contribution in [0.5, 0.6) is 0 Å². The quantitative estimate of drug-likeness (QED) is 0.858. The highest BCUT2D eigenvalue weighted by atomic mass is 35.5. The molecule has 1 saturated heterocycles. The minimum Gasteiger partial charge on any atom is -0.354 e. The summed E-state index contributed by atoms with van der Waals surface area (Å²) in [4.78, 5) is 13.8. The fourth-order valence-corrected chi connectivity index (χ4v) is 2.13. The first-order chi connectivity index (χ1) is 9.08. The molecule has 112 valence electrons. The summed E-state index contributed by atoms with van der Waals surface area (Å²) >= 11 is 0. The highest BCUT2D eigenvalue weighted by Crippen LogP contribution is 2.18. The molecular weight excluding hydrogens is 281 g/mol. The van der Waals surface area contributed by atoms with Crippen LogP contribution in [-0.4, -0.2) is 44.5 Å². The van der Waals surface area contributed by atoms with E-state index in [1.807, 2.05) is 25.1 Å². The molecule has 4 nitrogen and oxygen atoms in total. The lowest BCUT2D eigenvalue weighted by molar-refractivity contribution is -0.126. The van der Waals surface area contributed by atoms with Crippen LogP contribution < -0.4 is 10.6 Å². The predicted molar refractivity (Wildman–Crippen MR) is 79.4 cm³/mol. The second kappa shape index (κ2) is 7.57. The number of benzene rings is 1. The van der Waals surface area contributed by atoms with Gasteiger partial charge in [0.15, 0.2) is 0 Å². The van der Waals surface area contributed by atoms with Gasteiger partial charge in [-0.05, 0) is 31.8 Å². The van der Waals surface area contributed by atoms with Gasteiger partial charge in [-0.15, -0.1) is 12.4 Å². The molecule has 1 amide bonds. The standard InChI is InChI=1S/C14H20FN3O.ClH/c1-18(2)13(10-4-3-5-12(15)6-10)9-17-14(19)11-7-16-8-11;/h3-6,11,13,16H,7-9H2,1-2H3,(H,17,19);1H. The highest BCUT2D eigenvalue weighted by Gasteiger charge is 2.25. The van der Waals surface area contributed by atoms with Crippen molar-refractivity contribution < 1.29 is 9.18 Å². The second-order valence-corrected chi connectivity index (χ2v) is 5.13. The topological polar surface area (TPSA) is 44.4 Å². The average Bonchev–Trinajstić information content (AvgIpc) is 2.26. The number of halogens is 2. The van der Waals surface area contributed by atoms with Crippen molar-refractivity contribution in [3.63, 3.8) is 0 Å². The molecule has 0 spiro atoms. The summed E-state index contributed by atoms with van der Waals surface area (Å²) in [6.45, 7) is 1.99. The van der Waals surface area contributed by atoms with E-state index < -0.39 is 0 Å². The van der Waals surface area contributed by atoms with E-state index in [0.29, 0.717) is 6.54 Å². The fourth-order valence-electron chi connectivity index (χ4n) is 2.13. The minimum atomic E-state index is -0.251. The van der Waals surface area contributed by atoms with E-state index in [4.69, 9.17) is 0 Å². The molecule has 1 atom stereocenters. The molecule has 1 aliphatic heterocycles. The van der Waals surface area contributed by atoms with Gasteiger partial charge in [0.25, 0.3) is 0 Å². The van der Waals surface area contributed by atoms with E-state index in [1.54, 1.807) is 6.07 Å². The number of likely N-dealkylation sites (N-methyl/N-ethyl adjacent to an activating group) is 1. The summed E-state index contributed by atoms with van der Waals surface area (Å²) in [6.07, 6.45) is 0. The molecule has 6 heteroatoms. The van der Waals surface area contributed by atoms with E-state index in [0.717, 1.165) is 18.7 Å². The van der Waals surface area contributed by atoms with Crippen LogP contribution >= 0.6 is 12.4 Å². The van der Waals surface area contributed by atoms with Crippen LogP contribution in [0.15, 0.2) is 24.3 Å². The molecule has 0 saturated carbocycles. The third-order valence-electron chi connectivity index (χ3n) is 3.48. The van der Waals surface area contributed by atoms with Crippen LogP contribution in [0.1, 0.15) is 11.6 Å². The molecule has 1 fully saturated rings. The Morgan fingerprint density at radius 3 is 2.70 bits per heavy atom. The second-order valence-electron chi connectivity index (χ2n) is 5.13. The molecule has 20 heavy (non-hydrogen) atoms. The molecule has 2 N–H and O–H groups in total. The van der Waals surface area contributed by atoms with Crippen LogP contribution in [0.25, 0.3) is 0 Å². The molecule has 1 aromatic rings. The third-order valence-corrected chi connectivity index (χ3v) is 3.48. The van der Waals surface area contributed by atoms with E-state index in [9.17, 15) is 9.18 Å². The van der Waals surface area contributed by atoms with Crippen molar-refractivity contribution in [2.75, 3.05) is 33.7 Å². The minimum absolute atomic E-state index is 0. The molecule has 0 aliphatic carbocycles. The third kappa shape index (κ3) is 4.16. The van der Waals surface area contributed by atoms with Gasteiger partial charge in [0.2, 0.25) is 5.91 Å². The molecule has 2 rings (SSSR count). The number of nitrogens with zero attached hydrogens (tertiary/aromatic N) is 1. The molecule has 1 aliphatic rings. The predicted octanol–water partition coefficient (Wildman–Crippen LogP) is 1.19. The van der Waals surface area contributed by atoms with E-state index in [1.165, 1.54) is 12.1 Å². The maximum Gasteiger partial charge on any atom is 0.225 e. The first-order valence-electron chi connectivity index (χ1n) is 6.48. The first-order valence-corrected chi connectivity index (χ1v) is 6.48. The highest BCUT2D eigenvalue weighted by molar-refractivity contribution is 5.85. The lowest BCUT2D eigenvalue weighted by Crippen LogP contribution is -2.51. The van der Waals surface area contributed by atoms with Crippen LogP contribution in [-0.2, 0) is 4.79 Å². The van der Waals surface area contributed by atoms with Crippen molar-refractivity contribution in [3.8, 4) is 0 Å². The van der Waals surface area contributed by atoms with Crippen molar-refractivity contribution in [1.82, 2.24) is 15.5 Å². The van der Waals surface area contributed by atoms with Crippen LogP contribution in [0, 0.1) is 11.7 Å². The Morgan fingerprint density at radius 2 is 2.20 bits per heavy atom. The summed E-state index contributed by atoms with van der Waals surface area (Å²) in [5.41, 5.74) is 0.872. The number of carbonyl (C=O) groups is 1. The van der Waals surface area contributed by atoms with Crippen molar-refractivity contribution in [1.29, 1.82) is 0 Å². The summed E-state index contributed by atoms with van der Waals surface area (Å²) in [5.74, 6) is -0.101. The smallest absolute Gasteiger partial charge is 0.225 e. The summed E-state index contributed by atoms with van der Waals surface area (Å²) < 4.78 is 13.3. The van der Waals surface area contributed by atoms with Crippen molar-refractivity contribution >= 4 is 18.3 Å². The number of hydrogen-bond donors (Lipinski definition) is 2. The SMILES string of the molecule is CN(C)C(CNC(=O)C1CNC1)c1cccc(F)c1.Cl. The zero-order valence-corrected chi connectivity index (χ0v) is 12.5. The molecule has 0 aromatic heterocycles. The normalized spacial score (nSPS) is 16.2. The Kier molecular flexibility index (Phi) is 6.39. The van der Waals surface area contributed by atoms with E-state index in [2.05, 4.69) is 10.6 Å². The molecule has 0 bridgehead atoms. The van der Waals surface area contributed by atoms with Crippen molar-refractivity contribution in [3.05, 3.63) is 35.6 Å². The Morgan fingerprint density at radius 1 is 1.50 bits per heavy atom. The zero-order chi connectivity index (χ0) is 13.8. The largest absolute Gasteiger partial charge is 0.354 e. The number of hydrogen-bond acceptors (Lipinski definition) is 3. The van der Waals surface area contributed by atoms with Gasteiger partial charge in [-0.1, -0.05) is 12.1 Å². The molecule has 0 radical (unpaired) electrons. The fraction of sp³-hybridized carbons (Fsp3) is 0.500. The van der Waals surface area contributed by atoms with Crippen molar-refractivity contribution in [2.45, 2.75) is 6.04 Å². The number of amides is 1. The van der Waals surface area contributed by atoms with Gasteiger partial charge in [0.1, 0.15) is 5.82 Å². The summed E-state index contributed by atoms with van der Waals surface area (Å²) in [5, 5.41) is 6.01. The lowest BCUT2D eigenvalue weighted by Gasteiger charge is -2.29. The van der Waals surface area contributed by atoms with Gasteiger partial charge in [0.05, 0.1) is 12.0 Å². The maximum atomic E-state index is 13.3. The van der Waals surface area contributed by atoms with E-state index in [-0.39, 0.29) is 36.1 Å². The maximum absolute atomic E-state index is 13.3.